The van der Waals surface area contributed by atoms with Gasteiger partial charge in [0.25, 0.3) is 0 Å². The standard InChI is InChI=1S/C13H21N3/c1-4-7-14-12-8-11-6-5-9(2)10(3)13(11)16-15-12/h8-10H,4-7H2,1-3H3,(H,14,15). The van der Waals surface area contributed by atoms with Gasteiger partial charge in [-0.15, -0.1) is 5.10 Å². The lowest BCUT2D eigenvalue weighted by molar-refractivity contribution is 0.413. The number of rotatable bonds is 3. The topological polar surface area (TPSA) is 37.8 Å². The molecule has 3 nitrogen and oxygen atoms in total. The third-order valence-electron chi connectivity index (χ3n) is 3.62. The van der Waals surface area contributed by atoms with Crippen LogP contribution in [0.25, 0.3) is 0 Å². The first kappa shape index (κ1) is 11.4. The van der Waals surface area contributed by atoms with Crippen molar-refractivity contribution in [2.24, 2.45) is 5.92 Å². The van der Waals surface area contributed by atoms with Gasteiger partial charge in [-0.25, -0.2) is 0 Å². The van der Waals surface area contributed by atoms with Crippen LogP contribution in [0, 0.1) is 5.92 Å². The summed E-state index contributed by atoms with van der Waals surface area (Å²) in [7, 11) is 0. The van der Waals surface area contributed by atoms with Crippen molar-refractivity contribution in [2.45, 2.75) is 46.0 Å². The summed E-state index contributed by atoms with van der Waals surface area (Å²) in [6.45, 7) is 7.69. The van der Waals surface area contributed by atoms with Gasteiger partial charge in [-0.1, -0.05) is 20.8 Å². The summed E-state index contributed by atoms with van der Waals surface area (Å²) in [5.74, 6) is 2.22. The van der Waals surface area contributed by atoms with Crippen molar-refractivity contribution in [1.29, 1.82) is 0 Å². The van der Waals surface area contributed by atoms with E-state index >= 15 is 0 Å². The second-order valence-corrected chi connectivity index (χ2v) is 4.87. The van der Waals surface area contributed by atoms with Gasteiger partial charge in [0.15, 0.2) is 0 Å². The van der Waals surface area contributed by atoms with Crippen LogP contribution in [0.15, 0.2) is 6.07 Å². The van der Waals surface area contributed by atoms with Crippen molar-refractivity contribution >= 4 is 5.82 Å². The fourth-order valence-corrected chi connectivity index (χ4v) is 2.27. The number of anilines is 1. The molecule has 0 spiro atoms. The highest BCUT2D eigenvalue weighted by Gasteiger charge is 2.24. The van der Waals surface area contributed by atoms with E-state index in [2.05, 4.69) is 42.4 Å². The summed E-state index contributed by atoms with van der Waals surface area (Å²) < 4.78 is 0. The SMILES string of the molecule is CCCNc1cc2c(nn1)C(C)C(C)CC2. The molecule has 0 saturated heterocycles. The third kappa shape index (κ3) is 2.18. The molecule has 1 aromatic rings. The number of fused-ring (bicyclic) bond motifs is 1. The lowest BCUT2D eigenvalue weighted by Crippen LogP contribution is -2.19. The Morgan fingerprint density at radius 2 is 2.19 bits per heavy atom. The lowest BCUT2D eigenvalue weighted by Gasteiger charge is -2.27. The van der Waals surface area contributed by atoms with E-state index in [1.165, 1.54) is 17.7 Å². The second kappa shape index (κ2) is 4.81. The van der Waals surface area contributed by atoms with Crippen molar-refractivity contribution < 1.29 is 0 Å². The maximum atomic E-state index is 4.39. The molecule has 1 aliphatic carbocycles. The van der Waals surface area contributed by atoms with Gasteiger partial charge < -0.3 is 5.32 Å². The van der Waals surface area contributed by atoms with E-state index in [-0.39, 0.29) is 0 Å². The summed E-state index contributed by atoms with van der Waals surface area (Å²) in [6.07, 6.45) is 3.54. The quantitative estimate of drug-likeness (QED) is 0.849. The van der Waals surface area contributed by atoms with Crippen molar-refractivity contribution in [3.05, 3.63) is 17.3 Å². The first-order valence-corrected chi connectivity index (χ1v) is 6.32. The number of hydrogen-bond donors (Lipinski definition) is 1. The fraction of sp³-hybridized carbons (Fsp3) is 0.692. The second-order valence-electron chi connectivity index (χ2n) is 4.87. The molecule has 2 rings (SSSR count). The highest BCUT2D eigenvalue weighted by molar-refractivity contribution is 5.40. The molecular formula is C13H21N3. The Hall–Kier alpha value is -1.12. The summed E-state index contributed by atoms with van der Waals surface area (Å²) in [4.78, 5) is 0. The predicted octanol–water partition coefficient (Wildman–Crippen LogP) is 2.98. The van der Waals surface area contributed by atoms with Crippen LogP contribution in [-0.2, 0) is 6.42 Å². The van der Waals surface area contributed by atoms with E-state index in [0.29, 0.717) is 5.92 Å². The van der Waals surface area contributed by atoms with E-state index in [9.17, 15) is 0 Å². The minimum absolute atomic E-state index is 0.552. The van der Waals surface area contributed by atoms with Crippen molar-refractivity contribution in [2.75, 3.05) is 11.9 Å². The zero-order valence-corrected chi connectivity index (χ0v) is 10.5. The molecular weight excluding hydrogens is 198 g/mol. The van der Waals surface area contributed by atoms with E-state index in [4.69, 9.17) is 0 Å². The van der Waals surface area contributed by atoms with Gasteiger partial charge in [-0.2, -0.15) is 5.10 Å². The number of aromatic nitrogens is 2. The monoisotopic (exact) mass is 219 g/mol. The van der Waals surface area contributed by atoms with Gasteiger partial charge in [0.1, 0.15) is 5.82 Å². The van der Waals surface area contributed by atoms with Crippen molar-refractivity contribution in [1.82, 2.24) is 10.2 Å². The molecule has 0 aromatic carbocycles. The van der Waals surface area contributed by atoms with Crippen molar-refractivity contribution in [3.8, 4) is 0 Å². The Labute approximate surface area is 97.7 Å². The zero-order valence-electron chi connectivity index (χ0n) is 10.5. The van der Waals surface area contributed by atoms with Crippen LogP contribution < -0.4 is 5.32 Å². The van der Waals surface area contributed by atoms with Crippen LogP contribution in [0.1, 0.15) is 50.8 Å². The number of hydrogen-bond acceptors (Lipinski definition) is 3. The van der Waals surface area contributed by atoms with E-state index in [1.807, 2.05) is 0 Å². The van der Waals surface area contributed by atoms with Crippen LogP contribution in [0.5, 0.6) is 0 Å². The maximum Gasteiger partial charge on any atom is 0.148 e. The van der Waals surface area contributed by atoms with E-state index in [0.717, 1.165) is 31.1 Å². The summed E-state index contributed by atoms with van der Waals surface area (Å²) in [5, 5.41) is 11.9. The molecule has 0 fully saturated rings. The van der Waals surface area contributed by atoms with Gasteiger partial charge in [0.2, 0.25) is 0 Å². The molecule has 88 valence electrons. The molecule has 0 bridgehead atoms. The van der Waals surface area contributed by atoms with Gasteiger partial charge in [0, 0.05) is 12.5 Å². The van der Waals surface area contributed by atoms with Crippen molar-refractivity contribution in [3.63, 3.8) is 0 Å². The Morgan fingerprint density at radius 3 is 2.94 bits per heavy atom. The molecule has 1 aliphatic rings. The average Bonchev–Trinajstić information content (AvgIpc) is 2.31. The number of nitrogens with one attached hydrogen (secondary N) is 1. The fourth-order valence-electron chi connectivity index (χ4n) is 2.27. The lowest BCUT2D eigenvalue weighted by atomic mass is 9.80. The smallest absolute Gasteiger partial charge is 0.148 e. The molecule has 0 radical (unpaired) electrons. The van der Waals surface area contributed by atoms with Crippen LogP contribution >= 0.6 is 0 Å². The zero-order chi connectivity index (χ0) is 11.5. The van der Waals surface area contributed by atoms with Gasteiger partial charge in [-0.3, -0.25) is 0 Å². The molecule has 1 N–H and O–H groups in total. The molecule has 0 saturated carbocycles. The highest BCUT2D eigenvalue weighted by Crippen LogP contribution is 2.34. The molecule has 2 unspecified atom stereocenters. The summed E-state index contributed by atoms with van der Waals surface area (Å²) in [6, 6.07) is 2.18. The van der Waals surface area contributed by atoms with Crippen LogP contribution in [-0.4, -0.2) is 16.7 Å². The molecule has 2 atom stereocenters. The van der Waals surface area contributed by atoms with Gasteiger partial charge >= 0.3 is 0 Å². The first-order chi connectivity index (χ1) is 7.72. The molecule has 16 heavy (non-hydrogen) atoms. The van der Waals surface area contributed by atoms with Crippen LogP contribution in [0.4, 0.5) is 5.82 Å². The molecule has 3 heteroatoms. The molecule has 0 aliphatic heterocycles. The Balaban J connectivity index is 2.19. The Bertz CT molecular complexity index is 362. The minimum Gasteiger partial charge on any atom is -0.369 e. The van der Waals surface area contributed by atoms with E-state index < -0.39 is 0 Å². The van der Waals surface area contributed by atoms with Gasteiger partial charge in [-0.05, 0) is 36.8 Å². The minimum atomic E-state index is 0.552. The average molecular weight is 219 g/mol. The van der Waals surface area contributed by atoms with Gasteiger partial charge in [0.05, 0.1) is 5.69 Å². The number of aryl methyl sites for hydroxylation is 1. The Morgan fingerprint density at radius 1 is 1.38 bits per heavy atom. The largest absolute Gasteiger partial charge is 0.369 e. The molecule has 1 heterocycles. The Kier molecular flexibility index (Phi) is 3.42. The molecule has 0 amide bonds. The molecule has 1 aromatic heterocycles. The predicted molar refractivity (Wildman–Crippen MR) is 66.7 cm³/mol. The van der Waals surface area contributed by atoms with E-state index in [1.54, 1.807) is 0 Å². The third-order valence-corrected chi connectivity index (χ3v) is 3.62. The summed E-state index contributed by atoms with van der Waals surface area (Å²) >= 11 is 0. The van der Waals surface area contributed by atoms with Crippen LogP contribution in [0.3, 0.4) is 0 Å². The summed E-state index contributed by atoms with van der Waals surface area (Å²) in [5.41, 5.74) is 2.60. The highest BCUT2D eigenvalue weighted by atomic mass is 15.2. The van der Waals surface area contributed by atoms with Crippen LogP contribution in [0.2, 0.25) is 0 Å². The normalized spacial score (nSPS) is 23.9. The maximum absolute atomic E-state index is 4.39. The first-order valence-electron chi connectivity index (χ1n) is 6.32. The number of nitrogens with zero attached hydrogens (tertiary/aromatic N) is 2.